The molecule has 1 heterocycles. The van der Waals surface area contributed by atoms with Crippen molar-refractivity contribution in [3.8, 4) is 0 Å². The van der Waals surface area contributed by atoms with Crippen LogP contribution in [0.2, 0.25) is 0 Å². The Balaban J connectivity index is 2.29. The minimum absolute atomic E-state index is 0.0237. The van der Waals surface area contributed by atoms with E-state index >= 15 is 0 Å². The number of tetrazole rings is 1. The van der Waals surface area contributed by atoms with Gasteiger partial charge in [0, 0.05) is 6.54 Å². The number of nitrogens with zero attached hydrogens (tertiary/aromatic N) is 3. The number of sulfonamides is 1. The summed E-state index contributed by atoms with van der Waals surface area (Å²) in [7, 11) is -3.64. The fourth-order valence-electron chi connectivity index (χ4n) is 1.88. The summed E-state index contributed by atoms with van der Waals surface area (Å²) in [6, 6.07) is 3.41. The highest BCUT2D eigenvalue weighted by Crippen LogP contribution is 2.20. The minimum Gasteiger partial charge on any atom is -0.326 e. The molecule has 0 saturated carbocycles. The van der Waals surface area contributed by atoms with E-state index < -0.39 is 10.0 Å². The second-order valence-corrected chi connectivity index (χ2v) is 6.14. The SMILES string of the molecule is Cc1cc(C)c(S(=O)(=O)NCc2nn[nH]n2)cc1CN. The van der Waals surface area contributed by atoms with Crippen molar-refractivity contribution in [2.24, 2.45) is 5.73 Å². The molecule has 0 aliphatic heterocycles. The number of H-pyrrole nitrogens is 1. The molecule has 108 valence electrons. The van der Waals surface area contributed by atoms with E-state index in [1.54, 1.807) is 13.0 Å². The standard InChI is InChI=1S/C11H16N6O2S/c1-7-3-8(2)10(4-9(7)5-12)20(18,19)13-6-11-14-16-17-15-11/h3-4,13H,5-6,12H2,1-2H3,(H,14,15,16,17). The molecule has 1 aromatic carbocycles. The van der Waals surface area contributed by atoms with Crippen LogP contribution in [0.15, 0.2) is 17.0 Å². The number of aromatic amines is 1. The fraction of sp³-hybridized carbons (Fsp3) is 0.364. The highest BCUT2D eigenvalue weighted by molar-refractivity contribution is 7.89. The van der Waals surface area contributed by atoms with Crippen LogP contribution in [-0.2, 0) is 23.1 Å². The number of hydrogen-bond acceptors (Lipinski definition) is 6. The van der Waals surface area contributed by atoms with Gasteiger partial charge in [-0.2, -0.15) is 5.21 Å². The first-order valence-electron chi connectivity index (χ1n) is 5.96. The summed E-state index contributed by atoms with van der Waals surface area (Å²) in [6.07, 6.45) is 0. The summed E-state index contributed by atoms with van der Waals surface area (Å²) in [5, 5.41) is 13.0. The molecular weight excluding hydrogens is 280 g/mol. The molecule has 0 amide bonds. The lowest BCUT2D eigenvalue weighted by atomic mass is 10.1. The summed E-state index contributed by atoms with van der Waals surface area (Å²) in [5.74, 6) is 0.275. The van der Waals surface area contributed by atoms with Crippen LogP contribution >= 0.6 is 0 Å². The Labute approximate surface area is 116 Å². The Morgan fingerprint density at radius 3 is 2.65 bits per heavy atom. The molecule has 0 atom stereocenters. The smallest absolute Gasteiger partial charge is 0.241 e. The van der Waals surface area contributed by atoms with Crippen molar-refractivity contribution in [1.29, 1.82) is 0 Å². The maximum atomic E-state index is 12.3. The van der Waals surface area contributed by atoms with Crippen molar-refractivity contribution in [2.75, 3.05) is 0 Å². The number of aryl methyl sites for hydroxylation is 2. The molecule has 0 bridgehead atoms. The van der Waals surface area contributed by atoms with Gasteiger partial charge in [-0.15, -0.1) is 10.2 Å². The molecule has 20 heavy (non-hydrogen) atoms. The molecule has 2 aromatic rings. The van der Waals surface area contributed by atoms with Crippen molar-refractivity contribution >= 4 is 10.0 Å². The third kappa shape index (κ3) is 3.00. The number of rotatable bonds is 5. The topological polar surface area (TPSA) is 127 Å². The van der Waals surface area contributed by atoms with Crippen molar-refractivity contribution in [1.82, 2.24) is 25.3 Å². The maximum absolute atomic E-state index is 12.3. The zero-order chi connectivity index (χ0) is 14.8. The summed E-state index contributed by atoms with van der Waals surface area (Å²) >= 11 is 0. The van der Waals surface area contributed by atoms with Gasteiger partial charge >= 0.3 is 0 Å². The van der Waals surface area contributed by atoms with Crippen LogP contribution in [-0.4, -0.2) is 29.0 Å². The second-order valence-electron chi connectivity index (χ2n) is 4.40. The van der Waals surface area contributed by atoms with Crippen LogP contribution in [0.1, 0.15) is 22.5 Å². The van der Waals surface area contributed by atoms with E-state index in [0.29, 0.717) is 12.1 Å². The van der Waals surface area contributed by atoms with Crippen molar-refractivity contribution in [3.63, 3.8) is 0 Å². The molecule has 9 heteroatoms. The summed E-state index contributed by atoms with van der Waals surface area (Å²) in [5.41, 5.74) is 8.06. The number of hydrogen-bond donors (Lipinski definition) is 3. The molecule has 0 radical (unpaired) electrons. The van der Waals surface area contributed by atoms with Gasteiger partial charge in [0.15, 0.2) is 5.82 Å². The van der Waals surface area contributed by atoms with Gasteiger partial charge < -0.3 is 5.73 Å². The van der Waals surface area contributed by atoms with Crippen molar-refractivity contribution in [3.05, 3.63) is 34.6 Å². The largest absolute Gasteiger partial charge is 0.326 e. The molecule has 2 rings (SSSR count). The first kappa shape index (κ1) is 14.6. The minimum atomic E-state index is -3.64. The summed E-state index contributed by atoms with van der Waals surface area (Å²) in [4.78, 5) is 0.215. The van der Waals surface area contributed by atoms with Crippen LogP contribution in [0, 0.1) is 13.8 Å². The molecule has 0 saturated heterocycles. The quantitative estimate of drug-likeness (QED) is 0.698. The van der Waals surface area contributed by atoms with Crippen LogP contribution in [0.5, 0.6) is 0 Å². The van der Waals surface area contributed by atoms with Gasteiger partial charge in [0.1, 0.15) is 0 Å². The fourth-order valence-corrected chi connectivity index (χ4v) is 3.13. The Kier molecular flexibility index (Phi) is 4.12. The van der Waals surface area contributed by atoms with E-state index in [1.165, 1.54) is 0 Å². The predicted molar refractivity (Wildman–Crippen MR) is 72.0 cm³/mol. The Hall–Kier alpha value is -1.84. The average molecular weight is 296 g/mol. The maximum Gasteiger partial charge on any atom is 0.241 e. The van der Waals surface area contributed by atoms with Crippen molar-refractivity contribution in [2.45, 2.75) is 31.8 Å². The molecule has 4 N–H and O–H groups in total. The molecule has 0 unspecified atom stereocenters. The van der Waals surface area contributed by atoms with Gasteiger partial charge in [-0.05, 0) is 36.6 Å². The molecule has 0 aliphatic carbocycles. The van der Waals surface area contributed by atoms with Gasteiger partial charge in [-0.3, -0.25) is 0 Å². The van der Waals surface area contributed by atoms with E-state index in [0.717, 1.165) is 11.1 Å². The highest BCUT2D eigenvalue weighted by atomic mass is 32.2. The highest BCUT2D eigenvalue weighted by Gasteiger charge is 2.18. The Morgan fingerprint density at radius 2 is 2.05 bits per heavy atom. The van der Waals surface area contributed by atoms with Crippen LogP contribution in [0.3, 0.4) is 0 Å². The van der Waals surface area contributed by atoms with Gasteiger partial charge in [-0.1, -0.05) is 11.3 Å². The normalized spacial score (nSPS) is 11.8. The van der Waals surface area contributed by atoms with Crippen molar-refractivity contribution < 1.29 is 8.42 Å². The number of nitrogens with one attached hydrogen (secondary N) is 2. The molecule has 1 aromatic heterocycles. The number of benzene rings is 1. The van der Waals surface area contributed by atoms with E-state index in [9.17, 15) is 8.42 Å². The second kappa shape index (κ2) is 5.65. The summed E-state index contributed by atoms with van der Waals surface area (Å²) in [6.45, 7) is 3.91. The lowest BCUT2D eigenvalue weighted by molar-refractivity contribution is 0.578. The van der Waals surface area contributed by atoms with Crippen LogP contribution in [0.25, 0.3) is 0 Å². The van der Waals surface area contributed by atoms with Gasteiger partial charge in [0.05, 0.1) is 11.4 Å². The zero-order valence-electron chi connectivity index (χ0n) is 11.2. The van der Waals surface area contributed by atoms with Gasteiger partial charge in [0.2, 0.25) is 10.0 Å². The molecule has 0 aliphatic rings. The molecule has 8 nitrogen and oxygen atoms in total. The van der Waals surface area contributed by atoms with E-state index in [4.69, 9.17) is 5.73 Å². The first-order valence-corrected chi connectivity index (χ1v) is 7.44. The third-order valence-electron chi connectivity index (χ3n) is 2.95. The Morgan fingerprint density at radius 1 is 1.30 bits per heavy atom. The van der Waals surface area contributed by atoms with Gasteiger partial charge in [0.25, 0.3) is 0 Å². The zero-order valence-corrected chi connectivity index (χ0v) is 12.0. The van der Waals surface area contributed by atoms with Crippen LogP contribution in [0.4, 0.5) is 0 Å². The van der Waals surface area contributed by atoms with Crippen LogP contribution < -0.4 is 10.5 Å². The average Bonchev–Trinajstić information content (AvgIpc) is 2.89. The first-order chi connectivity index (χ1) is 9.44. The molecular formula is C11H16N6O2S. The van der Waals surface area contributed by atoms with E-state index in [-0.39, 0.29) is 17.3 Å². The lowest BCUT2D eigenvalue weighted by Crippen LogP contribution is -2.25. The number of aromatic nitrogens is 4. The molecule has 0 spiro atoms. The Bertz CT molecular complexity index is 696. The predicted octanol–water partition coefficient (Wildman–Crippen LogP) is -0.246. The van der Waals surface area contributed by atoms with E-state index in [2.05, 4.69) is 25.3 Å². The summed E-state index contributed by atoms with van der Waals surface area (Å²) < 4.78 is 27.0. The van der Waals surface area contributed by atoms with Gasteiger partial charge in [-0.25, -0.2) is 13.1 Å². The monoisotopic (exact) mass is 296 g/mol. The lowest BCUT2D eigenvalue weighted by Gasteiger charge is -2.12. The number of nitrogens with two attached hydrogens (primary N) is 1. The van der Waals surface area contributed by atoms with E-state index in [1.807, 2.05) is 13.0 Å². The third-order valence-corrected chi connectivity index (χ3v) is 4.50. The molecule has 0 fully saturated rings.